The summed E-state index contributed by atoms with van der Waals surface area (Å²) >= 11 is 7.57. The van der Waals surface area contributed by atoms with E-state index >= 15 is 0 Å². The van der Waals surface area contributed by atoms with E-state index in [0.717, 1.165) is 23.6 Å². The number of halogens is 1. The Kier molecular flexibility index (Phi) is 5.83. The van der Waals surface area contributed by atoms with Crippen molar-refractivity contribution in [3.63, 3.8) is 0 Å². The van der Waals surface area contributed by atoms with Gasteiger partial charge in [-0.3, -0.25) is 0 Å². The monoisotopic (exact) mass is 366 g/mol. The number of aryl methyl sites for hydroxylation is 1. The lowest BCUT2D eigenvalue weighted by Gasteiger charge is -2.12. The normalized spacial score (nSPS) is 12.0. The number of hydrogen-bond acceptors (Lipinski definition) is 5. The van der Waals surface area contributed by atoms with Gasteiger partial charge in [0.15, 0.2) is 5.82 Å². The molecule has 0 amide bonds. The second kappa shape index (κ2) is 7.49. The first-order chi connectivity index (χ1) is 11.2. The summed E-state index contributed by atoms with van der Waals surface area (Å²) < 4.78 is 10.2. The van der Waals surface area contributed by atoms with Crippen molar-refractivity contribution in [3.05, 3.63) is 28.5 Å². The summed E-state index contributed by atoms with van der Waals surface area (Å²) in [6, 6.07) is 3.68. The molecule has 7 heteroatoms. The summed E-state index contributed by atoms with van der Waals surface area (Å²) in [7, 11) is 1.96. The van der Waals surface area contributed by atoms with Gasteiger partial charge in [-0.2, -0.15) is 9.36 Å². The largest absolute Gasteiger partial charge is 0.430 e. The molecular formula is C17H23ClN4OS. The lowest BCUT2D eigenvalue weighted by atomic mass is 9.96. The predicted molar refractivity (Wildman–Crippen MR) is 101 cm³/mol. The van der Waals surface area contributed by atoms with Crippen LogP contribution in [0.1, 0.15) is 39.1 Å². The molecule has 0 aliphatic rings. The molecule has 0 radical (unpaired) electrons. The molecule has 2 rings (SSSR count). The van der Waals surface area contributed by atoms with Gasteiger partial charge in [-0.15, -0.1) is 0 Å². The van der Waals surface area contributed by atoms with Gasteiger partial charge < -0.3 is 9.64 Å². The van der Waals surface area contributed by atoms with Gasteiger partial charge in [0.25, 0.3) is 5.19 Å². The first-order valence-corrected chi connectivity index (χ1v) is 8.92. The molecule has 0 aliphatic carbocycles. The SMILES string of the molecule is CCN(C)C=Nc1cc(C)c(Oc2nc(C(C)(C)C)ns2)cc1Cl. The molecule has 5 nitrogen and oxygen atoms in total. The van der Waals surface area contributed by atoms with Gasteiger partial charge in [0.05, 0.1) is 17.0 Å². The molecule has 0 unspecified atom stereocenters. The van der Waals surface area contributed by atoms with Crippen LogP contribution in [0.3, 0.4) is 0 Å². The summed E-state index contributed by atoms with van der Waals surface area (Å²) in [6.45, 7) is 11.1. The van der Waals surface area contributed by atoms with Gasteiger partial charge in [0, 0.05) is 36.6 Å². The third kappa shape index (κ3) is 4.68. The molecule has 0 N–H and O–H groups in total. The van der Waals surface area contributed by atoms with E-state index in [-0.39, 0.29) is 5.41 Å². The standard InChI is InChI=1S/C17H23ClN4OS/c1-7-22(6)10-19-13-8-11(2)14(9-12(13)18)23-16-20-15(21-24-16)17(3,4)5/h8-10H,7H2,1-6H3. The summed E-state index contributed by atoms with van der Waals surface area (Å²) in [5.41, 5.74) is 1.56. The molecular weight excluding hydrogens is 344 g/mol. The van der Waals surface area contributed by atoms with E-state index < -0.39 is 0 Å². The lowest BCUT2D eigenvalue weighted by molar-refractivity contribution is 0.465. The van der Waals surface area contributed by atoms with Gasteiger partial charge in [-0.1, -0.05) is 32.4 Å². The Morgan fingerprint density at radius 1 is 1.38 bits per heavy atom. The molecule has 24 heavy (non-hydrogen) atoms. The molecule has 1 aromatic heterocycles. The molecule has 0 atom stereocenters. The first kappa shape index (κ1) is 18.7. The Labute approximate surface area is 152 Å². The van der Waals surface area contributed by atoms with Crippen LogP contribution in [0, 0.1) is 6.92 Å². The van der Waals surface area contributed by atoms with Crippen LogP contribution in [-0.4, -0.2) is 34.2 Å². The van der Waals surface area contributed by atoms with Crippen LogP contribution in [0.2, 0.25) is 5.02 Å². The zero-order valence-corrected chi connectivity index (χ0v) is 16.5. The summed E-state index contributed by atoms with van der Waals surface area (Å²) in [6.07, 6.45) is 1.77. The summed E-state index contributed by atoms with van der Waals surface area (Å²) in [4.78, 5) is 10.8. The molecule has 0 fully saturated rings. The fourth-order valence-electron chi connectivity index (χ4n) is 1.75. The van der Waals surface area contributed by atoms with Gasteiger partial charge in [0.1, 0.15) is 5.75 Å². The molecule has 1 heterocycles. The Bertz CT molecular complexity index is 737. The van der Waals surface area contributed by atoms with Crippen molar-refractivity contribution in [1.29, 1.82) is 0 Å². The van der Waals surface area contributed by atoms with Crippen molar-refractivity contribution < 1.29 is 4.74 Å². The number of rotatable bonds is 5. The van der Waals surface area contributed by atoms with E-state index in [4.69, 9.17) is 16.3 Å². The van der Waals surface area contributed by atoms with Crippen molar-refractivity contribution in [2.75, 3.05) is 13.6 Å². The Hall–Kier alpha value is -1.66. The first-order valence-electron chi connectivity index (χ1n) is 7.77. The van der Waals surface area contributed by atoms with Crippen LogP contribution in [-0.2, 0) is 5.41 Å². The van der Waals surface area contributed by atoms with Crippen molar-refractivity contribution in [1.82, 2.24) is 14.3 Å². The van der Waals surface area contributed by atoms with Gasteiger partial charge in [-0.05, 0) is 25.5 Å². The second-order valence-corrected chi connectivity index (χ2v) is 7.74. The van der Waals surface area contributed by atoms with Crippen LogP contribution in [0.25, 0.3) is 0 Å². The molecule has 2 aromatic rings. The van der Waals surface area contributed by atoms with E-state index in [0.29, 0.717) is 16.0 Å². The van der Waals surface area contributed by atoms with Crippen LogP contribution < -0.4 is 4.74 Å². The van der Waals surface area contributed by atoms with E-state index in [1.54, 1.807) is 12.4 Å². The zero-order valence-electron chi connectivity index (χ0n) is 14.9. The van der Waals surface area contributed by atoms with Crippen molar-refractivity contribution in [2.45, 2.75) is 40.0 Å². The van der Waals surface area contributed by atoms with E-state index in [1.165, 1.54) is 11.5 Å². The maximum absolute atomic E-state index is 6.33. The minimum Gasteiger partial charge on any atom is -0.430 e. The van der Waals surface area contributed by atoms with Gasteiger partial charge in [-0.25, -0.2) is 4.99 Å². The number of ether oxygens (including phenoxy) is 1. The number of aromatic nitrogens is 2. The van der Waals surface area contributed by atoms with Gasteiger partial charge >= 0.3 is 0 Å². The highest BCUT2D eigenvalue weighted by Crippen LogP contribution is 2.35. The molecule has 0 spiro atoms. The lowest BCUT2D eigenvalue weighted by Crippen LogP contribution is -2.14. The fraction of sp³-hybridized carbons (Fsp3) is 0.471. The van der Waals surface area contributed by atoms with Crippen LogP contribution in [0.4, 0.5) is 5.69 Å². The smallest absolute Gasteiger partial charge is 0.298 e. The minimum atomic E-state index is -0.103. The highest BCUT2D eigenvalue weighted by atomic mass is 35.5. The van der Waals surface area contributed by atoms with Crippen LogP contribution in [0.5, 0.6) is 10.9 Å². The second-order valence-electron chi connectivity index (χ2n) is 6.62. The van der Waals surface area contributed by atoms with Crippen molar-refractivity contribution in [3.8, 4) is 10.9 Å². The Morgan fingerprint density at radius 2 is 2.08 bits per heavy atom. The van der Waals surface area contributed by atoms with Gasteiger partial charge in [0.2, 0.25) is 0 Å². The number of benzene rings is 1. The third-order valence-corrected chi connectivity index (χ3v) is 4.31. The van der Waals surface area contributed by atoms with Crippen LogP contribution in [0.15, 0.2) is 17.1 Å². The minimum absolute atomic E-state index is 0.103. The number of aliphatic imine (C=N–C) groups is 1. The average Bonchev–Trinajstić information content (AvgIpc) is 2.97. The molecule has 0 saturated heterocycles. The predicted octanol–water partition coefficient (Wildman–Crippen LogP) is 5.20. The highest BCUT2D eigenvalue weighted by Gasteiger charge is 2.20. The van der Waals surface area contributed by atoms with E-state index in [2.05, 4.69) is 42.0 Å². The summed E-state index contributed by atoms with van der Waals surface area (Å²) in [5.74, 6) is 1.44. The molecule has 0 saturated carbocycles. The molecule has 130 valence electrons. The maximum atomic E-state index is 6.33. The molecule has 1 aromatic carbocycles. The third-order valence-electron chi connectivity index (χ3n) is 3.41. The zero-order chi connectivity index (χ0) is 17.9. The fourth-order valence-corrected chi connectivity index (χ4v) is 2.69. The number of hydrogen-bond donors (Lipinski definition) is 0. The topological polar surface area (TPSA) is 50.6 Å². The Balaban J connectivity index is 2.22. The van der Waals surface area contributed by atoms with Crippen molar-refractivity contribution in [2.24, 2.45) is 4.99 Å². The average molecular weight is 367 g/mol. The van der Waals surface area contributed by atoms with Crippen LogP contribution >= 0.6 is 23.1 Å². The quantitative estimate of drug-likeness (QED) is 0.539. The summed E-state index contributed by atoms with van der Waals surface area (Å²) in [5, 5.41) is 1.05. The number of nitrogens with zero attached hydrogens (tertiary/aromatic N) is 4. The molecule has 0 aliphatic heterocycles. The van der Waals surface area contributed by atoms with Crippen molar-refractivity contribution >= 4 is 35.2 Å². The maximum Gasteiger partial charge on any atom is 0.298 e. The highest BCUT2D eigenvalue weighted by molar-refractivity contribution is 7.07. The van der Waals surface area contributed by atoms with E-state index in [9.17, 15) is 0 Å². The Morgan fingerprint density at radius 3 is 2.67 bits per heavy atom. The molecule has 0 bridgehead atoms. The van der Waals surface area contributed by atoms with E-state index in [1.807, 2.05) is 24.9 Å².